The predicted octanol–water partition coefficient (Wildman–Crippen LogP) is -1.32. The van der Waals surface area contributed by atoms with Crippen molar-refractivity contribution in [3.63, 3.8) is 0 Å². The molecule has 0 bridgehead atoms. The van der Waals surface area contributed by atoms with Gasteiger partial charge in [-0.3, -0.25) is 9.59 Å². The molecule has 0 aliphatic carbocycles. The standard InChI is InChI=1S/C8H11NO5/c9-2-5(3-10)6(1-8(13)14)7(12)4-11/h2-4,6-7,12H,1,9H2,(H,13,14)/b5-2-. The zero-order valence-electron chi connectivity index (χ0n) is 7.29. The number of carbonyl (C=O) groups is 3. The summed E-state index contributed by atoms with van der Waals surface area (Å²) in [6, 6.07) is 0. The number of rotatable bonds is 6. The molecule has 0 aliphatic heterocycles. The quantitative estimate of drug-likeness (QED) is 0.362. The highest BCUT2D eigenvalue weighted by atomic mass is 16.4. The average molecular weight is 201 g/mol. The normalized spacial score (nSPS) is 15.6. The van der Waals surface area contributed by atoms with Crippen molar-refractivity contribution in [2.75, 3.05) is 0 Å². The molecule has 0 aromatic carbocycles. The van der Waals surface area contributed by atoms with Gasteiger partial charge < -0.3 is 20.7 Å². The van der Waals surface area contributed by atoms with Gasteiger partial charge in [-0.15, -0.1) is 0 Å². The number of carboxylic acid groups (broad SMARTS) is 1. The third kappa shape index (κ3) is 3.36. The Kier molecular flexibility index (Phi) is 5.16. The lowest BCUT2D eigenvalue weighted by atomic mass is 9.92. The molecule has 0 spiro atoms. The van der Waals surface area contributed by atoms with Crippen LogP contribution in [0.15, 0.2) is 11.8 Å². The first-order chi connectivity index (χ1) is 6.56. The van der Waals surface area contributed by atoms with E-state index in [-0.39, 0.29) is 11.9 Å². The van der Waals surface area contributed by atoms with Crippen LogP contribution in [0.2, 0.25) is 0 Å². The molecule has 6 nitrogen and oxygen atoms in total. The Morgan fingerprint density at radius 2 is 2.00 bits per heavy atom. The maximum atomic E-state index is 10.4. The molecule has 0 fully saturated rings. The minimum absolute atomic E-state index is 0.105. The summed E-state index contributed by atoms with van der Waals surface area (Å²) in [5, 5.41) is 17.6. The summed E-state index contributed by atoms with van der Waals surface area (Å²) in [5.41, 5.74) is 4.93. The van der Waals surface area contributed by atoms with E-state index < -0.39 is 24.4 Å². The molecular weight excluding hydrogens is 190 g/mol. The van der Waals surface area contributed by atoms with Crippen LogP contribution in [0, 0.1) is 5.92 Å². The zero-order valence-corrected chi connectivity index (χ0v) is 7.29. The second-order valence-corrected chi connectivity index (χ2v) is 2.62. The summed E-state index contributed by atoms with van der Waals surface area (Å²) in [7, 11) is 0. The third-order valence-corrected chi connectivity index (χ3v) is 1.70. The number of nitrogens with two attached hydrogens (primary N) is 1. The van der Waals surface area contributed by atoms with Crippen LogP contribution in [-0.4, -0.2) is 34.9 Å². The van der Waals surface area contributed by atoms with E-state index in [1.165, 1.54) is 0 Å². The summed E-state index contributed by atoms with van der Waals surface area (Å²) < 4.78 is 0. The molecule has 0 rings (SSSR count). The van der Waals surface area contributed by atoms with Gasteiger partial charge in [-0.05, 0) is 0 Å². The number of aliphatic carboxylic acids is 1. The monoisotopic (exact) mass is 201 g/mol. The zero-order chi connectivity index (χ0) is 11.1. The van der Waals surface area contributed by atoms with Crippen molar-refractivity contribution in [1.29, 1.82) is 0 Å². The highest BCUT2D eigenvalue weighted by Crippen LogP contribution is 2.16. The van der Waals surface area contributed by atoms with Crippen LogP contribution < -0.4 is 5.73 Å². The van der Waals surface area contributed by atoms with E-state index in [9.17, 15) is 14.4 Å². The summed E-state index contributed by atoms with van der Waals surface area (Å²) in [4.78, 5) is 31.0. The van der Waals surface area contributed by atoms with Gasteiger partial charge in [-0.1, -0.05) is 0 Å². The van der Waals surface area contributed by atoms with Crippen LogP contribution in [0.5, 0.6) is 0 Å². The van der Waals surface area contributed by atoms with E-state index in [2.05, 4.69) is 0 Å². The van der Waals surface area contributed by atoms with Crippen LogP contribution in [0.1, 0.15) is 6.42 Å². The first kappa shape index (κ1) is 12.3. The summed E-state index contributed by atoms with van der Waals surface area (Å²) in [6.07, 6.45) is -0.693. The second kappa shape index (κ2) is 5.87. The Morgan fingerprint density at radius 3 is 2.29 bits per heavy atom. The van der Waals surface area contributed by atoms with Crippen LogP contribution in [0.4, 0.5) is 0 Å². The van der Waals surface area contributed by atoms with Gasteiger partial charge in [0.1, 0.15) is 18.7 Å². The number of carboxylic acids is 1. The minimum Gasteiger partial charge on any atom is -0.481 e. The molecule has 0 aromatic rings. The van der Waals surface area contributed by atoms with E-state index in [4.69, 9.17) is 15.9 Å². The van der Waals surface area contributed by atoms with Gasteiger partial charge in [-0.2, -0.15) is 0 Å². The minimum atomic E-state index is -1.54. The van der Waals surface area contributed by atoms with Gasteiger partial charge in [0.25, 0.3) is 0 Å². The molecule has 4 N–H and O–H groups in total. The molecule has 0 aliphatic rings. The largest absolute Gasteiger partial charge is 0.481 e. The lowest BCUT2D eigenvalue weighted by molar-refractivity contribution is -0.139. The summed E-state index contributed by atoms with van der Waals surface area (Å²) >= 11 is 0. The van der Waals surface area contributed by atoms with Crippen LogP contribution in [0.3, 0.4) is 0 Å². The fourth-order valence-corrected chi connectivity index (χ4v) is 0.969. The Labute approximate surface area is 80.0 Å². The predicted molar refractivity (Wildman–Crippen MR) is 46.1 cm³/mol. The van der Waals surface area contributed by atoms with Crippen molar-refractivity contribution < 1.29 is 24.6 Å². The fourth-order valence-electron chi connectivity index (χ4n) is 0.969. The van der Waals surface area contributed by atoms with Crippen molar-refractivity contribution in [3.05, 3.63) is 11.8 Å². The smallest absolute Gasteiger partial charge is 0.304 e. The molecule has 0 amide bonds. The number of aliphatic hydroxyl groups excluding tert-OH is 1. The molecule has 0 saturated heterocycles. The summed E-state index contributed by atoms with van der Waals surface area (Å²) in [6.45, 7) is 0. The summed E-state index contributed by atoms with van der Waals surface area (Å²) in [5.74, 6) is -2.32. The molecule has 2 atom stereocenters. The Morgan fingerprint density at radius 1 is 1.43 bits per heavy atom. The molecule has 2 unspecified atom stereocenters. The Balaban J connectivity index is 4.78. The van der Waals surface area contributed by atoms with Crippen LogP contribution in [-0.2, 0) is 14.4 Å². The maximum absolute atomic E-state index is 10.4. The number of carbonyl (C=O) groups excluding carboxylic acids is 2. The van der Waals surface area contributed by atoms with Gasteiger partial charge in [0.05, 0.1) is 6.42 Å². The molecule has 6 heteroatoms. The van der Waals surface area contributed by atoms with E-state index in [0.717, 1.165) is 6.20 Å². The van der Waals surface area contributed by atoms with Crippen LogP contribution in [0.25, 0.3) is 0 Å². The Hall–Kier alpha value is -1.69. The van der Waals surface area contributed by atoms with Crippen molar-refractivity contribution in [1.82, 2.24) is 0 Å². The second-order valence-electron chi connectivity index (χ2n) is 2.62. The van der Waals surface area contributed by atoms with Crippen molar-refractivity contribution in [2.24, 2.45) is 11.7 Å². The molecule has 0 radical (unpaired) electrons. The van der Waals surface area contributed by atoms with Gasteiger partial charge in [0.2, 0.25) is 0 Å². The molecule has 14 heavy (non-hydrogen) atoms. The molecular formula is C8H11NO5. The molecule has 78 valence electrons. The van der Waals surface area contributed by atoms with Gasteiger partial charge >= 0.3 is 5.97 Å². The van der Waals surface area contributed by atoms with E-state index in [0.29, 0.717) is 6.29 Å². The fraction of sp³-hybridized carbons (Fsp3) is 0.375. The van der Waals surface area contributed by atoms with Crippen LogP contribution >= 0.6 is 0 Å². The van der Waals surface area contributed by atoms with Crippen molar-refractivity contribution in [3.8, 4) is 0 Å². The van der Waals surface area contributed by atoms with Crippen molar-refractivity contribution in [2.45, 2.75) is 12.5 Å². The molecule has 0 heterocycles. The lowest BCUT2D eigenvalue weighted by Gasteiger charge is -2.15. The van der Waals surface area contributed by atoms with Gasteiger partial charge in [0, 0.05) is 17.7 Å². The number of aldehydes is 2. The molecule has 0 aromatic heterocycles. The SMILES string of the molecule is N/C=C(/C=O)C(CC(=O)O)C(O)C=O. The van der Waals surface area contributed by atoms with Crippen molar-refractivity contribution >= 4 is 18.5 Å². The number of aliphatic hydroxyl groups is 1. The topological polar surface area (TPSA) is 118 Å². The highest BCUT2D eigenvalue weighted by molar-refractivity contribution is 5.78. The lowest BCUT2D eigenvalue weighted by Crippen LogP contribution is -2.27. The third-order valence-electron chi connectivity index (χ3n) is 1.70. The Bertz CT molecular complexity index is 260. The van der Waals surface area contributed by atoms with Gasteiger partial charge in [0.15, 0.2) is 0 Å². The number of hydrogen-bond acceptors (Lipinski definition) is 5. The first-order valence-electron chi connectivity index (χ1n) is 3.79. The molecule has 0 saturated carbocycles. The average Bonchev–Trinajstić information content (AvgIpc) is 2.16. The number of hydrogen-bond donors (Lipinski definition) is 3. The van der Waals surface area contributed by atoms with E-state index in [1.54, 1.807) is 0 Å². The van der Waals surface area contributed by atoms with Gasteiger partial charge in [-0.25, -0.2) is 0 Å². The first-order valence-corrected chi connectivity index (χ1v) is 3.79. The maximum Gasteiger partial charge on any atom is 0.304 e. The highest BCUT2D eigenvalue weighted by Gasteiger charge is 2.25. The van der Waals surface area contributed by atoms with E-state index in [1.807, 2.05) is 0 Å². The van der Waals surface area contributed by atoms with E-state index >= 15 is 0 Å².